The minimum atomic E-state index is -0.610. The summed E-state index contributed by atoms with van der Waals surface area (Å²) in [6, 6.07) is 5.71. The van der Waals surface area contributed by atoms with Gasteiger partial charge < -0.3 is 24.6 Å². The molecule has 0 saturated carbocycles. The van der Waals surface area contributed by atoms with Crippen molar-refractivity contribution < 1.29 is 19.7 Å². The maximum Gasteiger partial charge on any atom is 0.126 e. The van der Waals surface area contributed by atoms with Crippen molar-refractivity contribution >= 4 is 5.69 Å². The second-order valence-electron chi connectivity index (χ2n) is 4.69. The summed E-state index contributed by atoms with van der Waals surface area (Å²) in [5.74, 6) is 0.680. The molecule has 5 heteroatoms. The Morgan fingerprint density at radius 2 is 2.32 bits per heavy atom. The minimum Gasteiger partial charge on any atom is -0.496 e. The predicted octanol–water partition coefficient (Wildman–Crippen LogP) is 0.946. The topological polar surface area (TPSA) is 62.2 Å². The van der Waals surface area contributed by atoms with Crippen LogP contribution in [0.4, 0.5) is 5.69 Å². The number of nitrogens with zero attached hydrogens (tertiary/aromatic N) is 1. The van der Waals surface area contributed by atoms with Crippen LogP contribution in [0, 0.1) is 0 Å². The number of hydrogen-bond donors (Lipinski definition) is 2. The summed E-state index contributed by atoms with van der Waals surface area (Å²) < 4.78 is 10.8. The lowest BCUT2D eigenvalue weighted by Gasteiger charge is -2.35. The van der Waals surface area contributed by atoms with E-state index in [1.165, 1.54) is 0 Å². The molecule has 0 aliphatic carbocycles. The van der Waals surface area contributed by atoms with Crippen LogP contribution in [0.25, 0.3) is 0 Å². The van der Waals surface area contributed by atoms with Crippen molar-refractivity contribution in [2.24, 2.45) is 0 Å². The molecule has 2 N–H and O–H groups in total. The lowest BCUT2D eigenvalue weighted by Crippen LogP contribution is -2.44. The molecule has 1 heterocycles. The standard InChI is InChI=1S/C14H21NO4/c1-10(17)14-12(4-3-5-13(14)18-2)15-6-7-19-11(8-15)9-16/h3-5,10-11,16-17H,6-9H2,1-2H3/t10-,11?/m0/s1. The third kappa shape index (κ3) is 3.00. The van der Waals surface area contributed by atoms with Gasteiger partial charge in [-0.3, -0.25) is 0 Å². The molecular formula is C14H21NO4. The molecule has 1 aliphatic heterocycles. The molecule has 2 atom stereocenters. The van der Waals surface area contributed by atoms with E-state index in [9.17, 15) is 10.2 Å². The van der Waals surface area contributed by atoms with Gasteiger partial charge in [-0.05, 0) is 19.1 Å². The molecule has 1 unspecified atom stereocenters. The lowest BCUT2D eigenvalue weighted by atomic mass is 10.0. The smallest absolute Gasteiger partial charge is 0.126 e. The molecule has 0 radical (unpaired) electrons. The highest BCUT2D eigenvalue weighted by Gasteiger charge is 2.24. The molecule has 1 fully saturated rings. The average Bonchev–Trinajstić information content (AvgIpc) is 2.46. The van der Waals surface area contributed by atoms with E-state index >= 15 is 0 Å². The van der Waals surface area contributed by atoms with Crippen molar-refractivity contribution in [2.75, 3.05) is 38.3 Å². The molecule has 0 aromatic heterocycles. The Morgan fingerprint density at radius 1 is 1.53 bits per heavy atom. The summed E-state index contributed by atoms with van der Waals surface area (Å²) in [5.41, 5.74) is 1.72. The fourth-order valence-corrected chi connectivity index (χ4v) is 2.45. The summed E-state index contributed by atoms with van der Waals surface area (Å²) in [7, 11) is 1.60. The normalized spacial score (nSPS) is 21.3. The van der Waals surface area contributed by atoms with Gasteiger partial charge in [-0.25, -0.2) is 0 Å². The lowest BCUT2D eigenvalue weighted by molar-refractivity contribution is 0.00341. The number of morpholine rings is 1. The van der Waals surface area contributed by atoms with E-state index in [2.05, 4.69) is 4.90 Å². The Kier molecular flexibility index (Phi) is 4.63. The van der Waals surface area contributed by atoms with Gasteiger partial charge in [0.1, 0.15) is 5.75 Å². The van der Waals surface area contributed by atoms with E-state index in [-0.39, 0.29) is 12.7 Å². The van der Waals surface area contributed by atoms with Gasteiger partial charge >= 0.3 is 0 Å². The zero-order valence-corrected chi connectivity index (χ0v) is 11.4. The van der Waals surface area contributed by atoms with Crippen LogP contribution in [0.5, 0.6) is 5.75 Å². The molecule has 1 aromatic rings. The van der Waals surface area contributed by atoms with Crippen molar-refractivity contribution in [3.63, 3.8) is 0 Å². The summed E-state index contributed by atoms with van der Waals surface area (Å²) >= 11 is 0. The molecule has 0 spiro atoms. The molecule has 19 heavy (non-hydrogen) atoms. The summed E-state index contributed by atoms with van der Waals surface area (Å²) in [6.45, 7) is 3.66. The number of aliphatic hydroxyl groups is 2. The molecule has 1 aromatic carbocycles. The third-order valence-corrected chi connectivity index (χ3v) is 3.36. The van der Waals surface area contributed by atoms with Crippen LogP contribution in [0.15, 0.2) is 18.2 Å². The van der Waals surface area contributed by atoms with Crippen LogP contribution < -0.4 is 9.64 Å². The number of rotatable bonds is 4. The van der Waals surface area contributed by atoms with Crippen LogP contribution >= 0.6 is 0 Å². The van der Waals surface area contributed by atoms with E-state index in [1.807, 2.05) is 18.2 Å². The van der Waals surface area contributed by atoms with Crippen LogP contribution in [0.2, 0.25) is 0 Å². The highest BCUT2D eigenvalue weighted by Crippen LogP contribution is 2.35. The largest absolute Gasteiger partial charge is 0.496 e. The second kappa shape index (κ2) is 6.23. The fourth-order valence-electron chi connectivity index (χ4n) is 2.45. The van der Waals surface area contributed by atoms with Crippen molar-refractivity contribution in [3.8, 4) is 5.75 Å². The zero-order valence-electron chi connectivity index (χ0n) is 11.4. The first kappa shape index (κ1) is 14.1. The second-order valence-corrected chi connectivity index (χ2v) is 4.69. The van der Waals surface area contributed by atoms with E-state index in [0.29, 0.717) is 18.9 Å². The Balaban J connectivity index is 2.33. The van der Waals surface area contributed by atoms with Gasteiger partial charge in [0.25, 0.3) is 0 Å². The molecule has 106 valence electrons. The van der Waals surface area contributed by atoms with Crippen molar-refractivity contribution in [1.82, 2.24) is 0 Å². The van der Waals surface area contributed by atoms with Crippen molar-refractivity contribution in [3.05, 3.63) is 23.8 Å². The maximum atomic E-state index is 9.98. The zero-order chi connectivity index (χ0) is 13.8. The summed E-state index contributed by atoms with van der Waals surface area (Å²) in [4.78, 5) is 2.12. The quantitative estimate of drug-likeness (QED) is 0.850. The Hall–Kier alpha value is -1.30. The molecule has 0 bridgehead atoms. The Labute approximate surface area is 113 Å². The third-order valence-electron chi connectivity index (χ3n) is 3.36. The highest BCUT2D eigenvalue weighted by molar-refractivity contribution is 5.60. The van der Waals surface area contributed by atoms with Crippen LogP contribution in [-0.4, -0.2) is 49.7 Å². The van der Waals surface area contributed by atoms with E-state index in [4.69, 9.17) is 9.47 Å². The first-order valence-electron chi connectivity index (χ1n) is 6.49. The van der Waals surface area contributed by atoms with E-state index in [1.54, 1.807) is 14.0 Å². The molecule has 2 rings (SSSR count). The van der Waals surface area contributed by atoms with Crippen LogP contribution in [0.3, 0.4) is 0 Å². The first-order valence-corrected chi connectivity index (χ1v) is 6.49. The summed E-state index contributed by atoms with van der Waals surface area (Å²) in [6.07, 6.45) is -0.789. The highest BCUT2D eigenvalue weighted by atomic mass is 16.5. The number of ether oxygens (including phenoxy) is 2. The number of methoxy groups -OCH3 is 1. The van der Waals surface area contributed by atoms with Crippen LogP contribution in [0.1, 0.15) is 18.6 Å². The monoisotopic (exact) mass is 267 g/mol. The average molecular weight is 267 g/mol. The molecule has 0 amide bonds. The van der Waals surface area contributed by atoms with Gasteiger partial charge in [0.15, 0.2) is 0 Å². The van der Waals surface area contributed by atoms with Gasteiger partial charge in [-0.15, -0.1) is 0 Å². The van der Waals surface area contributed by atoms with Gasteiger partial charge in [-0.1, -0.05) is 6.07 Å². The van der Waals surface area contributed by atoms with Crippen molar-refractivity contribution in [2.45, 2.75) is 19.1 Å². The number of hydrogen-bond acceptors (Lipinski definition) is 5. The number of aliphatic hydroxyl groups excluding tert-OH is 2. The van der Waals surface area contributed by atoms with Gasteiger partial charge in [0, 0.05) is 24.3 Å². The predicted molar refractivity (Wildman–Crippen MR) is 72.7 cm³/mol. The number of benzene rings is 1. The van der Waals surface area contributed by atoms with E-state index < -0.39 is 6.10 Å². The first-order chi connectivity index (χ1) is 9.17. The Morgan fingerprint density at radius 3 is 2.95 bits per heavy atom. The van der Waals surface area contributed by atoms with Crippen LogP contribution in [-0.2, 0) is 4.74 Å². The molecule has 1 saturated heterocycles. The summed E-state index contributed by atoms with van der Waals surface area (Å²) in [5, 5.41) is 19.2. The fraction of sp³-hybridized carbons (Fsp3) is 0.571. The molecular weight excluding hydrogens is 246 g/mol. The molecule has 5 nitrogen and oxygen atoms in total. The minimum absolute atomic E-state index is 0.00444. The van der Waals surface area contributed by atoms with Gasteiger partial charge in [0.05, 0.1) is 32.5 Å². The Bertz CT molecular complexity index is 422. The van der Waals surface area contributed by atoms with Gasteiger partial charge in [0.2, 0.25) is 0 Å². The maximum absolute atomic E-state index is 9.98. The SMILES string of the molecule is COc1cccc(N2CCOC(CO)C2)c1[C@H](C)O. The molecule has 1 aliphatic rings. The van der Waals surface area contributed by atoms with Gasteiger partial charge in [-0.2, -0.15) is 0 Å². The van der Waals surface area contributed by atoms with Crippen molar-refractivity contribution in [1.29, 1.82) is 0 Å². The number of anilines is 1. The van der Waals surface area contributed by atoms with E-state index in [0.717, 1.165) is 17.8 Å².